The fraction of sp³-hybridized carbons (Fsp3) is 0.250. The molecule has 2 amide bonds. The minimum Gasteiger partial charge on any atom is -0.387 e. The number of halogens is 2. The van der Waals surface area contributed by atoms with E-state index < -0.39 is 12.0 Å². The van der Waals surface area contributed by atoms with E-state index in [1.165, 1.54) is 17.1 Å². The lowest BCUT2D eigenvalue weighted by Crippen LogP contribution is -2.40. The summed E-state index contributed by atoms with van der Waals surface area (Å²) in [5, 5.41) is 18.7. The third-order valence-corrected chi connectivity index (χ3v) is 4.58. The van der Waals surface area contributed by atoms with Gasteiger partial charge in [-0.15, -0.1) is 0 Å². The van der Waals surface area contributed by atoms with Crippen LogP contribution in [0, 0.1) is 5.82 Å². The predicted octanol–water partition coefficient (Wildman–Crippen LogP) is 2.81. The van der Waals surface area contributed by atoms with Gasteiger partial charge < -0.3 is 10.4 Å². The lowest BCUT2D eigenvalue weighted by atomic mass is 10.1. The van der Waals surface area contributed by atoms with Gasteiger partial charge in [0.05, 0.1) is 12.6 Å². The van der Waals surface area contributed by atoms with Gasteiger partial charge in [-0.3, -0.25) is 9.59 Å². The first kappa shape index (κ1) is 20.0. The molecule has 0 spiro atoms. The largest absolute Gasteiger partial charge is 0.387 e. The first-order valence-electron chi connectivity index (χ1n) is 8.76. The minimum atomic E-state index is -0.887. The van der Waals surface area contributed by atoms with E-state index in [9.17, 15) is 19.1 Å². The summed E-state index contributed by atoms with van der Waals surface area (Å²) in [6.45, 7) is 0.161. The Labute approximate surface area is 166 Å². The molecule has 1 unspecified atom stereocenters. The number of hydrogen-bond acceptors (Lipinski definition) is 4. The van der Waals surface area contributed by atoms with Crippen LogP contribution in [-0.4, -0.2) is 34.2 Å². The van der Waals surface area contributed by atoms with Crippen molar-refractivity contribution < 1.29 is 19.1 Å². The first-order valence-corrected chi connectivity index (χ1v) is 9.14. The molecule has 0 fully saturated rings. The normalized spacial score (nSPS) is 15.2. The molecule has 2 aromatic rings. The highest BCUT2D eigenvalue weighted by atomic mass is 35.5. The summed E-state index contributed by atoms with van der Waals surface area (Å²) >= 11 is 5.82. The highest BCUT2D eigenvalue weighted by Crippen LogP contribution is 2.17. The Balaban J connectivity index is 1.61. The zero-order chi connectivity index (χ0) is 20.1. The van der Waals surface area contributed by atoms with Gasteiger partial charge in [0, 0.05) is 24.4 Å². The Hall–Kier alpha value is -2.77. The third-order valence-electron chi connectivity index (χ3n) is 4.32. The second-order valence-electron chi connectivity index (χ2n) is 6.40. The predicted molar refractivity (Wildman–Crippen MR) is 103 cm³/mol. The van der Waals surface area contributed by atoms with Gasteiger partial charge in [0.2, 0.25) is 5.91 Å². The van der Waals surface area contributed by atoms with Crippen LogP contribution in [0.4, 0.5) is 4.39 Å². The summed E-state index contributed by atoms with van der Waals surface area (Å²) in [4.78, 5) is 24.5. The number of rotatable bonds is 6. The number of carbonyl (C=O) groups is 2. The van der Waals surface area contributed by atoms with E-state index in [2.05, 4.69) is 10.4 Å². The van der Waals surface area contributed by atoms with Gasteiger partial charge in [-0.2, -0.15) is 5.10 Å². The number of carbonyl (C=O) groups excluding carboxylic acids is 2. The van der Waals surface area contributed by atoms with Crippen LogP contribution in [0.25, 0.3) is 0 Å². The van der Waals surface area contributed by atoms with Crippen LogP contribution in [0.15, 0.2) is 53.6 Å². The molecule has 0 bridgehead atoms. The number of hydrazone groups is 1. The molecule has 1 heterocycles. The maximum Gasteiger partial charge on any atom is 0.267 e. The van der Waals surface area contributed by atoms with Crippen LogP contribution >= 0.6 is 11.6 Å². The van der Waals surface area contributed by atoms with Crippen LogP contribution in [-0.2, 0) is 16.1 Å². The fourth-order valence-electron chi connectivity index (χ4n) is 2.75. The van der Waals surface area contributed by atoms with Crippen molar-refractivity contribution in [3.8, 4) is 0 Å². The Morgan fingerprint density at radius 2 is 1.86 bits per heavy atom. The van der Waals surface area contributed by atoms with E-state index in [0.717, 1.165) is 0 Å². The molecule has 1 aliphatic rings. The van der Waals surface area contributed by atoms with Crippen LogP contribution in [0.5, 0.6) is 0 Å². The van der Waals surface area contributed by atoms with Crippen molar-refractivity contribution in [3.63, 3.8) is 0 Å². The lowest BCUT2D eigenvalue weighted by Gasteiger charge is -2.23. The molecule has 1 atom stereocenters. The zero-order valence-electron chi connectivity index (χ0n) is 14.9. The van der Waals surface area contributed by atoms with Gasteiger partial charge in [0.1, 0.15) is 11.5 Å². The molecule has 8 heteroatoms. The molecular weight excluding hydrogens is 385 g/mol. The molecule has 2 N–H and O–H groups in total. The van der Waals surface area contributed by atoms with Crippen LogP contribution < -0.4 is 5.32 Å². The number of aliphatic hydroxyl groups excluding tert-OH is 1. The van der Waals surface area contributed by atoms with E-state index in [1.807, 2.05) is 0 Å². The average Bonchev–Trinajstić information content (AvgIpc) is 2.69. The van der Waals surface area contributed by atoms with E-state index in [1.54, 1.807) is 36.4 Å². The van der Waals surface area contributed by atoms with Gasteiger partial charge in [0.25, 0.3) is 5.91 Å². The topological polar surface area (TPSA) is 82.0 Å². The van der Waals surface area contributed by atoms with Crippen molar-refractivity contribution in [2.45, 2.75) is 25.5 Å². The van der Waals surface area contributed by atoms with Crippen LogP contribution in [0.3, 0.4) is 0 Å². The Bertz CT molecular complexity index is 885. The smallest absolute Gasteiger partial charge is 0.267 e. The van der Waals surface area contributed by atoms with Crippen LogP contribution in [0.1, 0.15) is 30.1 Å². The van der Waals surface area contributed by atoms with Crippen molar-refractivity contribution in [2.24, 2.45) is 5.10 Å². The minimum absolute atomic E-state index is 0.00535. The molecule has 0 saturated heterocycles. The number of nitrogens with zero attached hydrogens (tertiary/aromatic N) is 2. The molecular formula is C20H19ClFN3O3. The second kappa shape index (κ2) is 8.95. The molecule has 6 nitrogen and oxygen atoms in total. The van der Waals surface area contributed by atoms with E-state index in [-0.39, 0.29) is 43.4 Å². The van der Waals surface area contributed by atoms with Gasteiger partial charge in [0.15, 0.2) is 0 Å². The van der Waals surface area contributed by atoms with Crippen molar-refractivity contribution in [1.29, 1.82) is 0 Å². The van der Waals surface area contributed by atoms with Crippen molar-refractivity contribution in [2.75, 3.05) is 6.54 Å². The lowest BCUT2D eigenvalue weighted by molar-refractivity contribution is -0.132. The van der Waals surface area contributed by atoms with Gasteiger partial charge in [-0.25, -0.2) is 9.40 Å². The summed E-state index contributed by atoms with van der Waals surface area (Å²) in [5.74, 6) is -1.01. The van der Waals surface area contributed by atoms with E-state index in [4.69, 9.17) is 11.6 Å². The van der Waals surface area contributed by atoms with Gasteiger partial charge in [-0.1, -0.05) is 35.9 Å². The maximum absolute atomic E-state index is 13.0. The SMILES string of the molecule is O=C(NCC(O)c1ccc(Cl)cc1)C1=NN(Cc2ccc(F)cc2)C(=O)CC1. The molecule has 3 rings (SSSR count). The first-order chi connectivity index (χ1) is 13.4. The van der Waals surface area contributed by atoms with Crippen LogP contribution in [0.2, 0.25) is 5.02 Å². The number of amides is 2. The van der Waals surface area contributed by atoms with Gasteiger partial charge >= 0.3 is 0 Å². The molecule has 0 aliphatic carbocycles. The summed E-state index contributed by atoms with van der Waals surface area (Å²) in [7, 11) is 0. The number of aliphatic hydroxyl groups is 1. The molecule has 1 aliphatic heterocycles. The summed E-state index contributed by atoms with van der Waals surface area (Å²) in [6, 6.07) is 12.4. The van der Waals surface area contributed by atoms with E-state index in [0.29, 0.717) is 16.1 Å². The summed E-state index contributed by atoms with van der Waals surface area (Å²) < 4.78 is 13.0. The maximum atomic E-state index is 13.0. The Kier molecular flexibility index (Phi) is 6.38. The second-order valence-corrected chi connectivity index (χ2v) is 6.84. The number of hydrogen-bond donors (Lipinski definition) is 2. The van der Waals surface area contributed by atoms with Gasteiger partial charge in [-0.05, 0) is 35.4 Å². The van der Waals surface area contributed by atoms with Crippen molar-refractivity contribution in [1.82, 2.24) is 10.3 Å². The highest BCUT2D eigenvalue weighted by molar-refractivity contribution is 6.39. The molecule has 0 saturated carbocycles. The van der Waals surface area contributed by atoms with Crippen molar-refractivity contribution >= 4 is 29.1 Å². The average molecular weight is 404 g/mol. The Morgan fingerprint density at radius 1 is 1.18 bits per heavy atom. The highest BCUT2D eigenvalue weighted by Gasteiger charge is 2.25. The summed E-state index contributed by atoms with van der Waals surface area (Å²) in [6.07, 6.45) is -0.503. The number of benzene rings is 2. The molecule has 28 heavy (non-hydrogen) atoms. The molecule has 0 radical (unpaired) electrons. The third kappa shape index (κ3) is 5.15. The molecule has 146 valence electrons. The Morgan fingerprint density at radius 3 is 2.54 bits per heavy atom. The fourth-order valence-corrected chi connectivity index (χ4v) is 2.87. The zero-order valence-corrected chi connectivity index (χ0v) is 15.7. The quantitative estimate of drug-likeness (QED) is 0.778. The standard InChI is InChI=1S/C20H19ClFN3O3/c21-15-5-3-14(4-6-15)18(26)11-23-20(28)17-9-10-19(27)25(24-17)12-13-1-7-16(22)8-2-13/h1-8,18,26H,9-12H2,(H,23,28). The monoisotopic (exact) mass is 403 g/mol. The van der Waals surface area contributed by atoms with Crippen molar-refractivity contribution in [3.05, 3.63) is 70.5 Å². The molecule has 2 aromatic carbocycles. The molecule has 0 aromatic heterocycles. The van der Waals surface area contributed by atoms with E-state index >= 15 is 0 Å². The number of nitrogens with one attached hydrogen (secondary N) is 1. The summed E-state index contributed by atoms with van der Waals surface area (Å²) in [5.41, 5.74) is 1.55.